The molecule has 0 saturated carbocycles. The molecule has 4 heteroatoms. The van der Waals surface area contributed by atoms with Gasteiger partial charge in [0.2, 0.25) is 0 Å². The molecule has 114 valence electrons. The summed E-state index contributed by atoms with van der Waals surface area (Å²) in [5, 5.41) is 8.83. The topological polar surface area (TPSA) is 29.9 Å². The zero-order chi connectivity index (χ0) is 15.2. The van der Waals surface area contributed by atoms with Crippen LogP contribution in [-0.4, -0.2) is 22.9 Å². The van der Waals surface area contributed by atoms with Crippen molar-refractivity contribution in [2.45, 2.75) is 40.2 Å². The van der Waals surface area contributed by atoms with Crippen LogP contribution >= 0.6 is 11.6 Å². The van der Waals surface area contributed by atoms with E-state index in [1.54, 1.807) is 0 Å². The second kappa shape index (κ2) is 7.62. The van der Waals surface area contributed by atoms with E-state index >= 15 is 0 Å². The Balaban J connectivity index is 2.05. The quantitative estimate of drug-likeness (QED) is 0.790. The maximum Gasteiger partial charge on any atom is 0.0662 e. The maximum atomic E-state index is 5.93. The molecule has 0 bridgehead atoms. The van der Waals surface area contributed by atoms with Crippen LogP contribution in [0.3, 0.4) is 0 Å². The molecule has 1 N–H and O–H groups in total. The van der Waals surface area contributed by atoms with Crippen LogP contribution in [0.2, 0.25) is 5.02 Å². The van der Waals surface area contributed by atoms with Crippen LogP contribution in [-0.2, 0) is 13.0 Å². The van der Waals surface area contributed by atoms with Gasteiger partial charge in [0.05, 0.1) is 12.2 Å². The zero-order valence-electron chi connectivity index (χ0n) is 13.1. The molecule has 0 atom stereocenters. The predicted molar refractivity (Wildman–Crippen MR) is 89.1 cm³/mol. The van der Waals surface area contributed by atoms with Gasteiger partial charge >= 0.3 is 0 Å². The van der Waals surface area contributed by atoms with E-state index in [0.29, 0.717) is 0 Å². The summed E-state index contributed by atoms with van der Waals surface area (Å²) in [6.07, 6.45) is 2.24. The van der Waals surface area contributed by atoms with Gasteiger partial charge < -0.3 is 5.32 Å². The van der Waals surface area contributed by atoms with Crippen molar-refractivity contribution in [1.29, 1.82) is 0 Å². The summed E-state index contributed by atoms with van der Waals surface area (Å²) in [5.74, 6) is 0. The van der Waals surface area contributed by atoms with Gasteiger partial charge in [0.1, 0.15) is 0 Å². The Bertz CT molecular complexity index is 572. The molecule has 21 heavy (non-hydrogen) atoms. The summed E-state index contributed by atoms with van der Waals surface area (Å²) < 4.78 is 2.10. The van der Waals surface area contributed by atoms with Crippen LogP contribution in [0, 0.1) is 13.8 Å². The van der Waals surface area contributed by atoms with Crippen LogP contribution in [0.1, 0.15) is 35.9 Å². The number of nitrogens with one attached hydrogen (secondary N) is 1. The lowest BCUT2D eigenvalue weighted by atomic mass is 10.1. The smallest absolute Gasteiger partial charge is 0.0662 e. The molecule has 0 saturated heterocycles. The lowest BCUT2D eigenvalue weighted by Crippen LogP contribution is -2.14. The Kier molecular flexibility index (Phi) is 5.83. The third-order valence-electron chi connectivity index (χ3n) is 3.81. The van der Waals surface area contributed by atoms with Crippen molar-refractivity contribution in [1.82, 2.24) is 15.1 Å². The highest BCUT2D eigenvalue weighted by molar-refractivity contribution is 6.30. The molecular formula is C17H24ClN3. The molecule has 0 amide bonds. The lowest BCUT2D eigenvalue weighted by Gasteiger charge is -2.06. The Morgan fingerprint density at radius 3 is 2.57 bits per heavy atom. The van der Waals surface area contributed by atoms with Gasteiger partial charge in [0, 0.05) is 10.7 Å². The molecule has 0 fully saturated rings. The minimum atomic E-state index is 0.774. The van der Waals surface area contributed by atoms with Crippen LogP contribution in [0.4, 0.5) is 0 Å². The highest BCUT2D eigenvalue weighted by Gasteiger charge is 2.11. The summed E-state index contributed by atoms with van der Waals surface area (Å²) in [6.45, 7) is 9.32. The number of aryl methyl sites for hydroxylation is 1. The van der Waals surface area contributed by atoms with E-state index in [0.717, 1.165) is 43.2 Å². The molecule has 1 aromatic carbocycles. The molecule has 0 radical (unpaired) electrons. The monoisotopic (exact) mass is 305 g/mol. The third-order valence-corrected chi connectivity index (χ3v) is 4.06. The molecule has 1 aromatic heterocycles. The van der Waals surface area contributed by atoms with Gasteiger partial charge in [-0.1, -0.05) is 30.7 Å². The fraction of sp³-hybridized carbons (Fsp3) is 0.471. The number of halogens is 1. The number of rotatable bonds is 7. The van der Waals surface area contributed by atoms with Gasteiger partial charge in [-0.15, -0.1) is 0 Å². The van der Waals surface area contributed by atoms with Crippen molar-refractivity contribution in [3.63, 3.8) is 0 Å². The lowest BCUT2D eigenvalue weighted by molar-refractivity contribution is 0.653. The summed E-state index contributed by atoms with van der Waals surface area (Å²) in [4.78, 5) is 0. The number of hydrogen-bond donors (Lipinski definition) is 1. The van der Waals surface area contributed by atoms with E-state index in [-0.39, 0.29) is 0 Å². The molecule has 2 aromatic rings. The number of benzene rings is 1. The maximum absolute atomic E-state index is 5.93. The molecule has 0 spiro atoms. The second-order valence-corrected chi connectivity index (χ2v) is 5.83. The van der Waals surface area contributed by atoms with Gasteiger partial charge in [-0.3, -0.25) is 4.68 Å². The molecule has 0 unspecified atom stereocenters. The van der Waals surface area contributed by atoms with Crippen LogP contribution in [0.5, 0.6) is 0 Å². The second-order valence-electron chi connectivity index (χ2n) is 5.39. The Morgan fingerprint density at radius 1 is 1.19 bits per heavy atom. The van der Waals surface area contributed by atoms with Crippen LogP contribution < -0.4 is 5.32 Å². The molecule has 0 aliphatic rings. The summed E-state index contributed by atoms with van der Waals surface area (Å²) in [5.41, 5.74) is 5.04. The highest BCUT2D eigenvalue weighted by Crippen LogP contribution is 2.17. The average Bonchev–Trinajstić information content (AvgIpc) is 2.73. The van der Waals surface area contributed by atoms with Gasteiger partial charge in [-0.2, -0.15) is 5.10 Å². The number of nitrogens with zero attached hydrogens (tertiary/aromatic N) is 2. The Hall–Kier alpha value is -1.32. The number of aromatic nitrogens is 2. The minimum Gasteiger partial charge on any atom is -0.317 e. The van der Waals surface area contributed by atoms with Crippen molar-refractivity contribution in [3.05, 3.63) is 51.8 Å². The van der Waals surface area contributed by atoms with Gasteiger partial charge in [-0.05, 0) is 63.0 Å². The van der Waals surface area contributed by atoms with E-state index in [4.69, 9.17) is 16.7 Å². The van der Waals surface area contributed by atoms with Gasteiger partial charge in [0.25, 0.3) is 0 Å². The fourth-order valence-electron chi connectivity index (χ4n) is 2.58. The molecule has 0 aliphatic carbocycles. The summed E-state index contributed by atoms with van der Waals surface area (Å²) in [7, 11) is 0. The standard InChI is InChI=1S/C17H24ClN3/c1-4-19-11-5-6-17-13(2)20-21(14(17)3)12-15-7-9-16(18)10-8-15/h7-10,19H,4-6,11-12H2,1-3H3. The highest BCUT2D eigenvalue weighted by atomic mass is 35.5. The largest absolute Gasteiger partial charge is 0.317 e. The summed E-state index contributed by atoms with van der Waals surface area (Å²) >= 11 is 5.93. The Labute approximate surface area is 132 Å². The zero-order valence-corrected chi connectivity index (χ0v) is 13.9. The SMILES string of the molecule is CCNCCCc1c(C)nn(Cc2ccc(Cl)cc2)c1C. The fourth-order valence-corrected chi connectivity index (χ4v) is 2.71. The van der Waals surface area contributed by atoms with Crippen molar-refractivity contribution in [2.75, 3.05) is 13.1 Å². The van der Waals surface area contributed by atoms with E-state index < -0.39 is 0 Å². The van der Waals surface area contributed by atoms with E-state index in [9.17, 15) is 0 Å². The van der Waals surface area contributed by atoms with E-state index in [1.807, 2.05) is 12.1 Å². The van der Waals surface area contributed by atoms with Crippen molar-refractivity contribution in [2.24, 2.45) is 0 Å². The molecule has 3 nitrogen and oxygen atoms in total. The first-order valence-electron chi connectivity index (χ1n) is 7.60. The minimum absolute atomic E-state index is 0.774. The normalized spacial score (nSPS) is 11.0. The predicted octanol–water partition coefficient (Wildman–Crippen LogP) is 3.74. The molecule has 2 rings (SSSR count). The average molecular weight is 306 g/mol. The third kappa shape index (κ3) is 4.32. The summed E-state index contributed by atoms with van der Waals surface area (Å²) in [6, 6.07) is 7.98. The molecular weight excluding hydrogens is 282 g/mol. The van der Waals surface area contributed by atoms with Gasteiger partial charge in [0.15, 0.2) is 0 Å². The first kappa shape index (κ1) is 16.1. The van der Waals surface area contributed by atoms with Crippen LogP contribution in [0.15, 0.2) is 24.3 Å². The number of hydrogen-bond acceptors (Lipinski definition) is 2. The van der Waals surface area contributed by atoms with Crippen molar-refractivity contribution in [3.8, 4) is 0 Å². The van der Waals surface area contributed by atoms with E-state index in [1.165, 1.54) is 16.8 Å². The first-order chi connectivity index (χ1) is 10.1. The Morgan fingerprint density at radius 2 is 1.90 bits per heavy atom. The van der Waals surface area contributed by atoms with Crippen molar-refractivity contribution >= 4 is 11.6 Å². The van der Waals surface area contributed by atoms with Gasteiger partial charge in [-0.25, -0.2) is 0 Å². The van der Waals surface area contributed by atoms with E-state index in [2.05, 4.69) is 42.9 Å². The molecule has 0 aliphatic heterocycles. The van der Waals surface area contributed by atoms with Crippen molar-refractivity contribution < 1.29 is 0 Å². The molecule has 1 heterocycles. The van der Waals surface area contributed by atoms with Crippen LogP contribution in [0.25, 0.3) is 0 Å². The first-order valence-corrected chi connectivity index (χ1v) is 7.97.